The Balaban J connectivity index is 1.92. The van der Waals surface area contributed by atoms with Gasteiger partial charge in [0, 0.05) is 12.5 Å². The van der Waals surface area contributed by atoms with Gasteiger partial charge in [0.2, 0.25) is 17.7 Å². The molecule has 2 bridgehead atoms. The smallest absolute Gasteiger partial charge is 0.328 e. The van der Waals surface area contributed by atoms with Gasteiger partial charge in [0.1, 0.15) is 18.1 Å². The number of nitrogens with zero attached hydrogens (tertiary/aromatic N) is 2. The van der Waals surface area contributed by atoms with Crippen LogP contribution in [0.3, 0.4) is 0 Å². The highest BCUT2D eigenvalue weighted by Gasteiger charge is 2.46. The van der Waals surface area contributed by atoms with E-state index in [2.05, 4.69) is 30.6 Å². The van der Waals surface area contributed by atoms with Crippen molar-refractivity contribution in [1.29, 1.82) is 5.26 Å². The molecule has 34 heavy (non-hydrogen) atoms. The third-order valence-electron chi connectivity index (χ3n) is 7.43. The number of nitrogens with two attached hydrogens (primary N) is 1. The Morgan fingerprint density at radius 2 is 1.88 bits per heavy atom. The fourth-order valence-electron chi connectivity index (χ4n) is 5.28. The summed E-state index contributed by atoms with van der Waals surface area (Å²) in [6.07, 6.45) is 2.09. The van der Waals surface area contributed by atoms with Crippen LogP contribution in [0.1, 0.15) is 59.8 Å². The van der Waals surface area contributed by atoms with Gasteiger partial charge in [-0.25, -0.2) is 4.79 Å². The molecule has 188 valence electrons. The molecule has 10 nitrogen and oxygen atoms in total. The fraction of sp³-hybridized carbons (Fsp3) is 0.792. The summed E-state index contributed by atoms with van der Waals surface area (Å²) in [5.74, 6) is -1.90. The van der Waals surface area contributed by atoms with E-state index in [-0.39, 0.29) is 37.2 Å². The first-order valence-corrected chi connectivity index (χ1v) is 12.2. The van der Waals surface area contributed by atoms with Crippen LogP contribution in [0, 0.1) is 34.5 Å². The molecule has 3 saturated heterocycles. The largest absolute Gasteiger partial charge is 0.464 e. The van der Waals surface area contributed by atoms with Gasteiger partial charge in [-0.2, -0.15) is 5.26 Å². The van der Waals surface area contributed by atoms with Crippen molar-refractivity contribution in [2.24, 2.45) is 28.9 Å². The van der Waals surface area contributed by atoms with Gasteiger partial charge in [-0.1, -0.05) is 27.7 Å². The van der Waals surface area contributed by atoms with E-state index in [1.165, 1.54) is 0 Å². The minimum atomic E-state index is -0.923. The van der Waals surface area contributed by atoms with Gasteiger partial charge in [0.25, 0.3) is 0 Å². The zero-order valence-corrected chi connectivity index (χ0v) is 20.5. The third-order valence-corrected chi connectivity index (χ3v) is 7.43. The minimum absolute atomic E-state index is 0.0439. The molecule has 3 rings (SSSR count). The fourth-order valence-corrected chi connectivity index (χ4v) is 5.28. The van der Waals surface area contributed by atoms with Crippen molar-refractivity contribution >= 4 is 23.7 Å². The summed E-state index contributed by atoms with van der Waals surface area (Å²) in [6, 6.07) is -1.26. The van der Waals surface area contributed by atoms with Crippen molar-refractivity contribution in [3.05, 3.63) is 0 Å². The summed E-state index contributed by atoms with van der Waals surface area (Å²) < 4.78 is 5.39. The van der Waals surface area contributed by atoms with E-state index in [9.17, 15) is 24.4 Å². The maximum atomic E-state index is 13.5. The Kier molecular flexibility index (Phi) is 7.86. The molecule has 4 N–H and O–H groups in total. The SMILES string of the molecule is CC(C)C[C@H]1CCN2C(=O)[C@@H](N)C(C)(C)CCOC(=O)[C@@H]3C[C@@H](C[C@@H](C#N)NC(=O)[C@H]12)C(=O)N3. The highest BCUT2D eigenvalue weighted by molar-refractivity contribution is 5.92. The lowest BCUT2D eigenvalue weighted by Crippen LogP contribution is -2.57. The van der Waals surface area contributed by atoms with E-state index in [4.69, 9.17) is 10.5 Å². The first kappa shape index (κ1) is 25.9. The second-order valence-electron chi connectivity index (χ2n) is 11.0. The molecule has 0 unspecified atom stereocenters. The first-order chi connectivity index (χ1) is 15.9. The van der Waals surface area contributed by atoms with Crippen molar-refractivity contribution < 1.29 is 23.9 Å². The minimum Gasteiger partial charge on any atom is -0.464 e. The Bertz CT molecular complexity index is 866. The van der Waals surface area contributed by atoms with Gasteiger partial charge in [0.05, 0.1) is 18.7 Å². The van der Waals surface area contributed by atoms with Gasteiger partial charge < -0.3 is 26.0 Å². The number of fused-ring (bicyclic) bond motifs is 3. The normalized spacial score (nSPS) is 34.8. The van der Waals surface area contributed by atoms with Crippen LogP contribution in [0.2, 0.25) is 0 Å². The van der Waals surface area contributed by atoms with Crippen molar-refractivity contribution in [3.63, 3.8) is 0 Å². The summed E-state index contributed by atoms with van der Waals surface area (Å²) >= 11 is 0. The number of carbonyl (C=O) groups is 4. The van der Waals surface area contributed by atoms with E-state index < -0.39 is 47.4 Å². The maximum Gasteiger partial charge on any atom is 0.328 e. The molecular formula is C24H37N5O5. The molecule has 3 heterocycles. The number of nitrogens with one attached hydrogen (secondary N) is 2. The lowest BCUT2D eigenvalue weighted by atomic mass is 9.81. The predicted octanol–water partition coefficient (Wildman–Crippen LogP) is 0.453. The summed E-state index contributed by atoms with van der Waals surface area (Å²) in [5.41, 5.74) is 5.71. The van der Waals surface area contributed by atoms with Gasteiger partial charge in [0.15, 0.2) is 0 Å². The number of ether oxygens (including phenoxy) is 1. The van der Waals surface area contributed by atoms with Crippen molar-refractivity contribution in [2.75, 3.05) is 13.2 Å². The summed E-state index contributed by atoms with van der Waals surface area (Å²) in [7, 11) is 0. The number of hydrogen-bond donors (Lipinski definition) is 3. The predicted molar refractivity (Wildman–Crippen MR) is 123 cm³/mol. The maximum absolute atomic E-state index is 13.5. The third kappa shape index (κ3) is 5.52. The first-order valence-electron chi connectivity index (χ1n) is 12.2. The highest BCUT2D eigenvalue weighted by Crippen LogP contribution is 2.34. The molecule has 3 amide bonds. The van der Waals surface area contributed by atoms with E-state index in [0.717, 1.165) is 6.42 Å². The lowest BCUT2D eigenvalue weighted by molar-refractivity contribution is -0.148. The van der Waals surface area contributed by atoms with Crippen LogP contribution in [0.25, 0.3) is 0 Å². The molecule has 3 fully saturated rings. The number of carbonyl (C=O) groups excluding carboxylic acids is 4. The molecule has 6 atom stereocenters. The molecule has 3 aliphatic rings. The monoisotopic (exact) mass is 475 g/mol. The molecule has 3 aliphatic heterocycles. The molecule has 0 radical (unpaired) electrons. The van der Waals surface area contributed by atoms with E-state index in [1.807, 2.05) is 13.8 Å². The van der Waals surface area contributed by atoms with Gasteiger partial charge in [-0.05, 0) is 49.4 Å². The number of nitriles is 1. The van der Waals surface area contributed by atoms with Gasteiger partial charge in [-0.15, -0.1) is 0 Å². The molecule has 0 aromatic carbocycles. The van der Waals surface area contributed by atoms with E-state index in [1.54, 1.807) is 4.90 Å². The second kappa shape index (κ2) is 10.3. The van der Waals surface area contributed by atoms with Crippen molar-refractivity contribution in [3.8, 4) is 6.07 Å². The quantitative estimate of drug-likeness (QED) is 0.490. The van der Waals surface area contributed by atoms with Crippen LogP contribution < -0.4 is 16.4 Å². The van der Waals surface area contributed by atoms with Crippen LogP contribution >= 0.6 is 0 Å². The van der Waals surface area contributed by atoms with Crippen molar-refractivity contribution in [2.45, 2.75) is 84.0 Å². The molecule has 0 saturated carbocycles. The van der Waals surface area contributed by atoms with Crippen LogP contribution in [0.5, 0.6) is 0 Å². The Labute approximate surface area is 200 Å². The molecule has 0 spiro atoms. The summed E-state index contributed by atoms with van der Waals surface area (Å²) in [5, 5.41) is 15.1. The zero-order valence-electron chi connectivity index (χ0n) is 20.5. The van der Waals surface area contributed by atoms with Crippen molar-refractivity contribution in [1.82, 2.24) is 15.5 Å². The average molecular weight is 476 g/mol. The highest BCUT2D eigenvalue weighted by atomic mass is 16.5. The zero-order chi connectivity index (χ0) is 25.2. The average Bonchev–Trinajstić information content (AvgIpc) is 3.34. The van der Waals surface area contributed by atoms with Gasteiger partial charge in [-0.3, -0.25) is 14.4 Å². The number of cyclic esters (lactones) is 1. The Morgan fingerprint density at radius 1 is 1.18 bits per heavy atom. The van der Waals surface area contributed by atoms with E-state index >= 15 is 0 Å². The Hall–Kier alpha value is -2.67. The van der Waals surface area contributed by atoms with E-state index in [0.29, 0.717) is 25.3 Å². The number of hydrogen-bond acceptors (Lipinski definition) is 7. The number of esters is 1. The topological polar surface area (TPSA) is 155 Å². The van der Waals surface area contributed by atoms with Crippen LogP contribution in [0.4, 0.5) is 0 Å². The summed E-state index contributed by atoms with van der Waals surface area (Å²) in [6.45, 7) is 8.29. The summed E-state index contributed by atoms with van der Waals surface area (Å²) in [4.78, 5) is 53.4. The molecule has 0 aromatic rings. The number of amides is 3. The van der Waals surface area contributed by atoms with Gasteiger partial charge >= 0.3 is 5.97 Å². The second-order valence-corrected chi connectivity index (χ2v) is 11.0. The molecule has 0 aliphatic carbocycles. The Morgan fingerprint density at radius 3 is 2.53 bits per heavy atom. The van der Waals surface area contributed by atoms with Crippen LogP contribution in [-0.2, 0) is 23.9 Å². The molecule has 0 aromatic heterocycles. The number of rotatable bonds is 2. The van der Waals surface area contributed by atoms with Crippen LogP contribution in [-0.4, -0.2) is 65.9 Å². The van der Waals surface area contributed by atoms with Crippen LogP contribution in [0.15, 0.2) is 0 Å². The standard InChI is InChI=1S/C24H37N5O5/c1-13(2)9-14-5-7-29-18(14)21(31)27-16(12-25)10-15-11-17(28-20(15)30)23(33)34-8-6-24(3,4)19(26)22(29)32/h13-19H,5-11,26H2,1-4H3,(H,27,31)(H,28,30)/t14-,15-,16+,17+,18+,19-/m1/s1. The molecule has 10 heteroatoms. The lowest BCUT2D eigenvalue weighted by Gasteiger charge is -2.36. The molecular weight excluding hydrogens is 438 g/mol.